The zero-order valence-corrected chi connectivity index (χ0v) is 9.86. The largest absolute Gasteiger partial charge is 0.480 e. The minimum Gasteiger partial charge on any atom is -0.480 e. The molecule has 0 saturated heterocycles. The fourth-order valence-corrected chi connectivity index (χ4v) is 1.33. The van der Waals surface area contributed by atoms with E-state index in [-0.39, 0.29) is 29.5 Å². The number of ether oxygens (including phenoxy) is 2. The highest BCUT2D eigenvalue weighted by atomic mass is 35.5. The highest BCUT2D eigenvalue weighted by Crippen LogP contribution is 2.25. The summed E-state index contributed by atoms with van der Waals surface area (Å²) in [6.07, 6.45) is 0. The molecule has 0 fully saturated rings. The van der Waals surface area contributed by atoms with Gasteiger partial charge in [-0.2, -0.15) is 0 Å². The molecule has 0 radical (unpaired) electrons. The van der Waals surface area contributed by atoms with Crippen LogP contribution >= 0.6 is 11.6 Å². The summed E-state index contributed by atoms with van der Waals surface area (Å²) in [6, 6.07) is 3.99. The van der Waals surface area contributed by atoms with Crippen molar-refractivity contribution in [1.82, 2.24) is 0 Å². The Bertz CT molecular complexity index is 430. The highest BCUT2D eigenvalue weighted by molar-refractivity contribution is 6.32. The number of carboxylic acids is 1. The fourth-order valence-electron chi connectivity index (χ4n) is 1.09. The maximum absolute atomic E-state index is 11.0. The minimum atomic E-state index is -1.08. The maximum atomic E-state index is 11.0. The van der Waals surface area contributed by atoms with E-state index in [0.29, 0.717) is 0 Å². The van der Waals surface area contributed by atoms with Crippen LogP contribution in [0, 0.1) is 0 Å². The Labute approximate surface area is 103 Å². The molecule has 1 aromatic carbocycles. The van der Waals surface area contributed by atoms with Crippen LogP contribution in [0.5, 0.6) is 5.75 Å². The molecule has 0 amide bonds. The van der Waals surface area contributed by atoms with Gasteiger partial charge in [0.05, 0.1) is 17.2 Å². The molecule has 0 saturated carbocycles. The average Bonchev–Trinajstić information content (AvgIpc) is 2.27. The third-order valence-corrected chi connectivity index (χ3v) is 2.13. The van der Waals surface area contributed by atoms with E-state index in [9.17, 15) is 9.59 Å². The van der Waals surface area contributed by atoms with E-state index < -0.39 is 11.9 Å². The Balaban J connectivity index is 2.66. The first-order valence-electron chi connectivity index (χ1n) is 4.86. The molecule has 92 valence electrons. The third kappa shape index (κ3) is 3.96. The molecule has 0 aromatic heterocycles. The van der Waals surface area contributed by atoms with Crippen molar-refractivity contribution in [2.24, 2.45) is 0 Å². The van der Waals surface area contributed by atoms with Crippen LogP contribution in [0.2, 0.25) is 5.02 Å². The number of carbonyl (C=O) groups excluding carboxylic acids is 1. The number of carbonyl (C=O) groups is 2. The summed E-state index contributed by atoms with van der Waals surface area (Å²) in [4.78, 5) is 21.7. The number of hydrogen-bond donors (Lipinski definition) is 1. The predicted octanol–water partition coefficient (Wildman–Crippen LogP) is 1.98. The van der Waals surface area contributed by atoms with Gasteiger partial charge in [0.15, 0.2) is 6.61 Å². The predicted molar refractivity (Wildman–Crippen MR) is 60.5 cm³/mol. The molecule has 1 aromatic rings. The molecule has 0 heterocycles. The topological polar surface area (TPSA) is 72.8 Å². The summed E-state index contributed by atoms with van der Waals surface area (Å²) < 4.78 is 9.75. The van der Waals surface area contributed by atoms with E-state index in [4.69, 9.17) is 21.4 Å². The summed E-state index contributed by atoms with van der Waals surface area (Å²) in [5, 5.41) is 8.85. The van der Waals surface area contributed by atoms with E-state index in [1.165, 1.54) is 18.2 Å². The van der Waals surface area contributed by atoms with Crippen LogP contribution < -0.4 is 4.74 Å². The molecule has 1 N–H and O–H groups in total. The molecule has 0 aliphatic carbocycles. The third-order valence-electron chi connectivity index (χ3n) is 1.83. The van der Waals surface area contributed by atoms with E-state index in [2.05, 4.69) is 4.74 Å². The normalized spacial score (nSPS) is 9.76. The second-order valence-electron chi connectivity index (χ2n) is 3.04. The lowest BCUT2D eigenvalue weighted by Gasteiger charge is -2.07. The summed E-state index contributed by atoms with van der Waals surface area (Å²) in [5.41, 5.74) is 0.0542. The lowest BCUT2D eigenvalue weighted by atomic mass is 10.2. The van der Waals surface area contributed by atoms with E-state index in [1.807, 2.05) is 0 Å². The second-order valence-corrected chi connectivity index (χ2v) is 3.45. The SMILES string of the molecule is CCOC(=O)COc1ccc(C(=O)O)cc1Cl. The van der Waals surface area contributed by atoms with Crippen molar-refractivity contribution < 1.29 is 24.2 Å². The Hall–Kier alpha value is -1.75. The Morgan fingerprint density at radius 3 is 2.65 bits per heavy atom. The van der Waals surface area contributed by atoms with Gasteiger partial charge in [0.1, 0.15) is 5.75 Å². The summed E-state index contributed by atoms with van der Waals surface area (Å²) >= 11 is 5.79. The highest BCUT2D eigenvalue weighted by Gasteiger charge is 2.09. The average molecular weight is 259 g/mol. The Morgan fingerprint density at radius 2 is 2.12 bits per heavy atom. The molecule has 1 rings (SSSR count). The number of hydrogen-bond acceptors (Lipinski definition) is 4. The van der Waals surface area contributed by atoms with Gasteiger partial charge in [-0.1, -0.05) is 11.6 Å². The van der Waals surface area contributed by atoms with Crippen molar-refractivity contribution >= 4 is 23.5 Å². The summed E-state index contributed by atoms with van der Waals surface area (Å²) in [6.45, 7) is 1.69. The van der Waals surface area contributed by atoms with Gasteiger partial charge in [0.25, 0.3) is 0 Å². The molecule has 17 heavy (non-hydrogen) atoms. The van der Waals surface area contributed by atoms with Gasteiger partial charge in [-0.3, -0.25) is 0 Å². The summed E-state index contributed by atoms with van der Waals surface area (Å²) in [5.74, 6) is -1.35. The van der Waals surface area contributed by atoms with Crippen LogP contribution in [0.3, 0.4) is 0 Å². The van der Waals surface area contributed by atoms with Gasteiger partial charge in [0.2, 0.25) is 0 Å². The zero-order valence-electron chi connectivity index (χ0n) is 9.10. The van der Waals surface area contributed by atoms with E-state index in [0.717, 1.165) is 0 Å². The smallest absolute Gasteiger partial charge is 0.344 e. The van der Waals surface area contributed by atoms with Gasteiger partial charge < -0.3 is 14.6 Å². The monoisotopic (exact) mass is 258 g/mol. The molecule has 0 bridgehead atoms. The van der Waals surface area contributed by atoms with Crippen molar-refractivity contribution in [1.29, 1.82) is 0 Å². The van der Waals surface area contributed by atoms with Crippen LogP contribution in [-0.2, 0) is 9.53 Å². The number of benzene rings is 1. The molecule has 5 nitrogen and oxygen atoms in total. The maximum Gasteiger partial charge on any atom is 0.344 e. The van der Waals surface area contributed by atoms with Gasteiger partial charge in [-0.15, -0.1) is 0 Å². The number of aromatic carboxylic acids is 1. The van der Waals surface area contributed by atoms with Gasteiger partial charge >= 0.3 is 11.9 Å². The lowest BCUT2D eigenvalue weighted by molar-refractivity contribution is -0.145. The summed E-state index contributed by atoms with van der Waals surface area (Å²) in [7, 11) is 0. The van der Waals surface area contributed by atoms with Crippen molar-refractivity contribution in [3.63, 3.8) is 0 Å². The number of esters is 1. The number of rotatable bonds is 5. The molecular weight excluding hydrogens is 248 g/mol. The van der Waals surface area contributed by atoms with Crippen molar-refractivity contribution in [3.05, 3.63) is 28.8 Å². The standard InChI is InChI=1S/C11H11ClO5/c1-2-16-10(13)6-17-9-4-3-7(11(14)15)5-8(9)12/h3-5H,2,6H2,1H3,(H,14,15). The van der Waals surface area contributed by atoms with Crippen molar-refractivity contribution in [2.75, 3.05) is 13.2 Å². The first-order chi connectivity index (χ1) is 8.04. The molecule has 0 spiro atoms. The molecule has 0 unspecified atom stereocenters. The van der Waals surface area contributed by atoms with Crippen LogP contribution in [0.25, 0.3) is 0 Å². The minimum absolute atomic E-state index is 0.0542. The van der Waals surface area contributed by atoms with Crippen LogP contribution in [-0.4, -0.2) is 30.3 Å². The van der Waals surface area contributed by atoms with Gasteiger partial charge in [-0.25, -0.2) is 9.59 Å². The molecule has 0 aliphatic rings. The first-order valence-corrected chi connectivity index (χ1v) is 5.23. The number of carboxylic acid groups (broad SMARTS) is 1. The lowest BCUT2D eigenvalue weighted by Crippen LogP contribution is -2.14. The quantitative estimate of drug-likeness (QED) is 0.818. The van der Waals surface area contributed by atoms with Crippen LogP contribution in [0.15, 0.2) is 18.2 Å². The second kappa shape index (κ2) is 6.10. The van der Waals surface area contributed by atoms with E-state index in [1.54, 1.807) is 6.92 Å². The zero-order chi connectivity index (χ0) is 12.8. The molecule has 0 atom stereocenters. The van der Waals surface area contributed by atoms with E-state index >= 15 is 0 Å². The van der Waals surface area contributed by atoms with Gasteiger partial charge in [-0.05, 0) is 25.1 Å². The molecule has 0 aliphatic heterocycles. The Kier molecular flexibility index (Phi) is 4.78. The van der Waals surface area contributed by atoms with Crippen LogP contribution in [0.1, 0.15) is 17.3 Å². The first kappa shape index (κ1) is 13.3. The molecule has 6 heteroatoms. The van der Waals surface area contributed by atoms with Crippen molar-refractivity contribution in [2.45, 2.75) is 6.92 Å². The fraction of sp³-hybridized carbons (Fsp3) is 0.273. The van der Waals surface area contributed by atoms with Crippen molar-refractivity contribution in [3.8, 4) is 5.75 Å². The molecular formula is C11H11ClO5. The Morgan fingerprint density at radius 1 is 1.41 bits per heavy atom. The van der Waals surface area contributed by atoms with Crippen LogP contribution in [0.4, 0.5) is 0 Å². The number of halogens is 1. The van der Waals surface area contributed by atoms with Gasteiger partial charge in [0, 0.05) is 0 Å².